The van der Waals surface area contributed by atoms with Crippen molar-refractivity contribution in [3.8, 4) is 22.6 Å². The molecule has 0 N–H and O–H groups in total. The third-order valence-corrected chi connectivity index (χ3v) is 5.37. The predicted molar refractivity (Wildman–Crippen MR) is 108 cm³/mol. The molecule has 0 aromatic heterocycles. The molecule has 1 aliphatic rings. The molecule has 1 aliphatic heterocycles. The minimum Gasteiger partial charge on any atom is -0.493 e. The number of Topliss-reactive ketones (excluding diaryl/α,β-unsaturated/α-hetero) is 1. The standard InChI is InChI=1S/C24H22O4/c1-24(18-11-9-17(10-12-18)16-7-5-4-6-8-16)20-14-23(27-3)22(26-2)13-19(20)21(25)15-28-24/h4-14H,15H2,1-3H3. The summed E-state index contributed by atoms with van der Waals surface area (Å²) < 4.78 is 16.9. The molecule has 0 fully saturated rings. The number of hydrogen-bond donors (Lipinski definition) is 0. The van der Waals surface area contributed by atoms with Gasteiger partial charge in [-0.3, -0.25) is 4.79 Å². The Labute approximate surface area is 164 Å². The molecule has 0 bridgehead atoms. The molecule has 0 spiro atoms. The van der Waals surface area contributed by atoms with Crippen molar-refractivity contribution in [1.29, 1.82) is 0 Å². The zero-order chi connectivity index (χ0) is 19.7. The third-order valence-electron chi connectivity index (χ3n) is 5.37. The second-order valence-corrected chi connectivity index (χ2v) is 6.94. The summed E-state index contributed by atoms with van der Waals surface area (Å²) in [5.74, 6) is 1.05. The van der Waals surface area contributed by atoms with Crippen LogP contribution in [0.1, 0.15) is 28.4 Å². The fourth-order valence-electron chi connectivity index (χ4n) is 3.72. The maximum absolute atomic E-state index is 12.5. The Morgan fingerprint density at radius 1 is 0.857 bits per heavy atom. The first kappa shape index (κ1) is 18.3. The summed E-state index contributed by atoms with van der Waals surface area (Å²) in [6, 6.07) is 22.1. The lowest BCUT2D eigenvalue weighted by Crippen LogP contribution is -2.37. The van der Waals surface area contributed by atoms with E-state index in [1.165, 1.54) is 0 Å². The molecule has 1 heterocycles. The fraction of sp³-hybridized carbons (Fsp3) is 0.208. The van der Waals surface area contributed by atoms with Gasteiger partial charge in [-0.25, -0.2) is 0 Å². The predicted octanol–water partition coefficient (Wildman–Crippen LogP) is 4.85. The van der Waals surface area contributed by atoms with Crippen molar-refractivity contribution in [2.45, 2.75) is 12.5 Å². The Hall–Kier alpha value is -3.11. The third kappa shape index (κ3) is 2.96. The molecule has 0 radical (unpaired) electrons. The number of carbonyl (C=O) groups excluding carboxylic acids is 1. The van der Waals surface area contributed by atoms with E-state index in [2.05, 4.69) is 36.4 Å². The molecule has 0 saturated carbocycles. The number of methoxy groups -OCH3 is 2. The normalized spacial score (nSPS) is 18.5. The van der Waals surface area contributed by atoms with Crippen LogP contribution < -0.4 is 9.47 Å². The van der Waals surface area contributed by atoms with E-state index in [9.17, 15) is 4.79 Å². The number of benzene rings is 3. The van der Waals surface area contributed by atoms with Gasteiger partial charge in [0, 0.05) is 11.1 Å². The first-order valence-electron chi connectivity index (χ1n) is 9.16. The highest BCUT2D eigenvalue weighted by atomic mass is 16.5. The van der Waals surface area contributed by atoms with Gasteiger partial charge in [0.25, 0.3) is 0 Å². The van der Waals surface area contributed by atoms with E-state index >= 15 is 0 Å². The van der Waals surface area contributed by atoms with Crippen molar-refractivity contribution < 1.29 is 19.0 Å². The van der Waals surface area contributed by atoms with Crippen LogP contribution in [0.25, 0.3) is 11.1 Å². The van der Waals surface area contributed by atoms with Crippen molar-refractivity contribution in [2.75, 3.05) is 20.8 Å². The number of ether oxygens (including phenoxy) is 3. The van der Waals surface area contributed by atoms with Gasteiger partial charge in [-0.2, -0.15) is 0 Å². The second kappa shape index (κ2) is 7.13. The lowest BCUT2D eigenvalue weighted by atomic mass is 9.81. The monoisotopic (exact) mass is 374 g/mol. The molecule has 0 aliphatic carbocycles. The highest BCUT2D eigenvalue weighted by Crippen LogP contribution is 2.43. The summed E-state index contributed by atoms with van der Waals surface area (Å²) in [4.78, 5) is 12.5. The number of hydrogen-bond acceptors (Lipinski definition) is 4. The summed E-state index contributed by atoms with van der Waals surface area (Å²) in [6.45, 7) is 2.02. The van der Waals surface area contributed by atoms with Crippen LogP contribution in [0.2, 0.25) is 0 Å². The molecule has 4 rings (SSSR count). The lowest BCUT2D eigenvalue weighted by molar-refractivity contribution is -0.00682. The van der Waals surface area contributed by atoms with Gasteiger partial charge in [-0.1, -0.05) is 54.6 Å². The van der Waals surface area contributed by atoms with E-state index in [4.69, 9.17) is 14.2 Å². The average Bonchev–Trinajstić information content (AvgIpc) is 2.76. The van der Waals surface area contributed by atoms with Crippen molar-refractivity contribution in [1.82, 2.24) is 0 Å². The van der Waals surface area contributed by atoms with Crippen LogP contribution >= 0.6 is 0 Å². The average molecular weight is 374 g/mol. The Morgan fingerprint density at radius 2 is 1.46 bits per heavy atom. The molecule has 0 saturated heterocycles. The zero-order valence-corrected chi connectivity index (χ0v) is 16.2. The SMILES string of the molecule is COc1cc2c(cc1OC)C(C)(c1ccc(-c3ccccc3)cc1)OCC2=O. The lowest BCUT2D eigenvalue weighted by Gasteiger charge is -2.36. The molecule has 1 unspecified atom stereocenters. The fourth-order valence-corrected chi connectivity index (χ4v) is 3.72. The highest BCUT2D eigenvalue weighted by Gasteiger charge is 2.39. The Bertz CT molecular complexity index is 1010. The van der Waals surface area contributed by atoms with Crippen LogP contribution in [0.15, 0.2) is 66.7 Å². The van der Waals surface area contributed by atoms with Gasteiger partial charge in [0.05, 0.1) is 14.2 Å². The smallest absolute Gasteiger partial charge is 0.189 e. The van der Waals surface area contributed by atoms with Crippen molar-refractivity contribution in [2.24, 2.45) is 0 Å². The van der Waals surface area contributed by atoms with Crippen LogP contribution in [0.3, 0.4) is 0 Å². The van der Waals surface area contributed by atoms with E-state index < -0.39 is 5.60 Å². The van der Waals surface area contributed by atoms with Crippen LogP contribution in [0.4, 0.5) is 0 Å². The second-order valence-electron chi connectivity index (χ2n) is 6.94. The number of carbonyl (C=O) groups is 1. The largest absolute Gasteiger partial charge is 0.493 e. The maximum Gasteiger partial charge on any atom is 0.189 e. The summed E-state index contributed by atoms with van der Waals surface area (Å²) in [6.07, 6.45) is 0. The molecule has 4 heteroatoms. The van der Waals surface area contributed by atoms with Gasteiger partial charge in [-0.15, -0.1) is 0 Å². The molecule has 28 heavy (non-hydrogen) atoms. The molecule has 142 valence electrons. The molecule has 1 atom stereocenters. The van der Waals surface area contributed by atoms with Crippen molar-refractivity contribution in [3.63, 3.8) is 0 Å². The molecule has 0 amide bonds. The van der Waals surface area contributed by atoms with Crippen LogP contribution in [0.5, 0.6) is 11.5 Å². The first-order valence-corrected chi connectivity index (χ1v) is 9.16. The van der Waals surface area contributed by atoms with Gasteiger partial charge < -0.3 is 14.2 Å². The van der Waals surface area contributed by atoms with Gasteiger partial charge in [-0.05, 0) is 35.7 Å². The minimum absolute atomic E-state index is 0.0272. The van der Waals surface area contributed by atoms with Gasteiger partial charge >= 0.3 is 0 Å². The van der Waals surface area contributed by atoms with Gasteiger partial charge in [0.15, 0.2) is 17.3 Å². The zero-order valence-electron chi connectivity index (χ0n) is 16.2. The molecule has 3 aromatic rings. The van der Waals surface area contributed by atoms with E-state index in [0.717, 1.165) is 22.3 Å². The van der Waals surface area contributed by atoms with Crippen LogP contribution in [-0.2, 0) is 10.3 Å². The van der Waals surface area contributed by atoms with E-state index in [1.54, 1.807) is 20.3 Å². The topological polar surface area (TPSA) is 44.8 Å². The quantitative estimate of drug-likeness (QED) is 0.655. The van der Waals surface area contributed by atoms with Gasteiger partial charge in [0.1, 0.15) is 12.2 Å². The first-order chi connectivity index (χ1) is 13.6. The summed E-state index contributed by atoms with van der Waals surface area (Å²) in [7, 11) is 3.15. The van der Waals surface area contributed by atoms with Crippen molar-refractivity contribution >= 4 is 5.78 Å². The van der Waals surface area contributed by atoms with E-state index in [1.807, 2.05) is 31.2 Å². The number of fused-ring (bicyclic) bond motifs is 1. The summed E-state index contributed by atoms with van der Waals surface area (Å²) in [5.41, 5.74) is 3.91. The summed E-state index contributed by atoms with van der Waals surface area (Å²) in [5, 5.41) is 0. The van der Waals surface area contributed by atoms with Crippen LogP contribution in [0, 0.1) is 0 Å². The van der Waals surface area contributed by atoms with E-state index in [-0.39, 0.29) is 12.4 Å². The molecular formula is C24H22O4. The highest BCUT2D eigenvalue weighted by molar-refractivity contribution is 6.00. The Morgan fingerprint density at radius 3 is 2.11 bits per heavy atom. The number of ketones is 1. The Balaban J connectivity index is 1.80. The summed E-state index contributed by atoms with van der Waals surface area (Å²) >= 11 is 0. The maximum atomic E-state index is 12.5. The molecule has 3 aromatic carbocycles. The van der Waals surface area contributed by atoms with Crippen molar-refractivity contribution in [3.05, 3.63) is 83.4 Å². The molecular weight excluding hydrogens is 352 g/mol. The van der Waals surface area contributed by atoms with Gasteiger partial charge in [0.2, 0.25) is 0 Å². The Kier molecular flexibility index (Phi) is 4.65. The van der Waals surface area contributed by atoms with Crippen LogP contribution in [-0.4, -0.2) is 26.6 Å². The molecule has 4 nitrogen and oxygen atoms in total. The van der Waals surface area contributed by atoms with E-state index in [0.29, 0.717) is 17.1 Å². The number of rotatable bonds is 4. The minimum atomic E-state index is -0.752.